The fourth-order valence-electron chi connectivity index (χ4n) is 1.63. The van der Waals surface area contributed by atoms with Gasteiger partial charge in [-0.25, -0.2) is 0 Å². The van der Waals surface area contributed by atoms with Crippen LogP contribution in [0.15, 0.2) is 54.9 Å². The lowest BCUT2D eigenvalue weighted by atomic mass is 10.1. The molecule has 0 spiro atoms. The molecule has 0 aliphatic rings. The molecule has 1 heterocycles. The molecule has 0 saturated heterocycles. The zero-order chi connectivity index (χ0) is 12.8. The summed E-state index contributed by atoms with van der Waals surface area (Å²) in [5, 5.41) is 2.76. The predicted octanol–water partition coefficient (Wildman–Crippen LogP) is 2.01. The van der Waals surface area contributed by atoms with E-state index in [0.717, 1.165) is 5.56 Å². The van der Waals surface area contributed by atoms with Crippen molar-refractivity contribution in [2.45, 2.75) is 12.5 Å². The minimum Gasteiger partial charge on any atom is -0.325 e. The van der Waals surface area contributed by atoms with Crippen LogP contribution in [0.1, 0.15) is 5.56 Å². The Morgan fingerprint density at radius 1 is 1.16 bits per heavy atom. The van der Waals surface area contributed by atoms with E-state index in [1.165, 1.54) is 0 Å². The van der Waals surface area contributed by atoms with E-state index in [2.05, 4.69) is 10.3 Å². The van der Waals surface area contributed by atoms with Gasteiger partial charge in [0.25, 0.3) is 0 Å². The number of nitrogens with two attached hydrogens (primary N) is 1. The van der Waals surface area contributed by atoms with Gasteiger partial charge in [-0.1, -0.05) is 30.3 Å². The summed E-state index contributed by atoms with van der Waals surface area (Å²) in [6.07, 6.45) is 3.77. The molecule has 0 fully saturated rings. The molecule has 0 aliphatic heterocycles. The molecule has 19 heavy (non-hydrogen) atoms. The number of hydrogen-bond acceptors (Lipinski definition) is 3. The molecule has 4 nitrogen and oxygen atoms in total. The van der Waals surface area contributed by atoms with Crippen LogP contribution in [0.2, 0.25) is 0 Å². The summed E-state index contributed by atoms with van der Waals surface area (Å²) in [4.78, 5) is 15.7. The van der Waals surface area contributed by atoms with Gasteiger partial charge in [0.15, 0.2) is 0 Å². The van der Waals surface area contributed by atoms with Gasteiger partial charge in [0.05, 0.1) is 6.04 Å². The van der Waals surface area contributed by atoms with Crippen LogP contribution in [0.3, 0.4) is 0 Å². The van der Waals surface area contributed by atoms with E-state index in [9.17, 15) is 4.79 Å². The van der Waals surface area contributed by atoms with Crippen molar-refractivity contribution < 1.29 is 4.79 Å². The predicted molar refractivity (Wildman–Crippen MR) is 78.2 cm³/mol. The normalized spacial score (nSPS) is 11.2. The second-order valence-electron chi connectivity index (χ2n) is 4.02. The van der Waals surface area contributed by atoms with Crippen LogP contribution in [0, 0.1) is 0 Å². The van der Waals surface area contributed by atoms with Crippen molar-refractivity contribution in [2.24, 2.45) is 5.73 Å². The Morgan fingerprint density at radius 2 is 1.79 bits per heavy atom. The Kier molecular flexibility index (Phi) is 5.99. The van der Waals surface area contributed by atoms with Gasteiger partial charge in [-0.15, -0.1) is 12.4 Å². The minimum atomic E-state index is -0.555. The van der Waals surface area contributed by atoms with Crippen molar-refractivity contribution >= 4 is 24.0 Å². The number of rotatable bonds is 4. The van der Waals surface area contributed by atoms with Gasteiger partial charge < -0.3 is 11.1 Å². The molecule has 1 unspecified atom stereocenters. The van der Waals surface area contributed by atoms with Crippen molar-refractivity contribution in [3.05, 3.63) is 60.4 Å². The lowest BCUT2D eigenvalue weighted by molar-refractivity contribution is -0.117. The third-order valence-electron chi connectivity index (χ3n) is 2.58. The molecule has 0 bridgehead atoms. The maximum absolute atomic E-state index is 11.9. The number of nitrogens with zero attached hydrogens (tertiary/aromatic N) is 1. The Bertz CT molecular complexity index is 505. The molecule has 1 aromatic heterocycles. The number of aromatic nitrogens is 1. The highest BCUT2D eigenvalue weighted by molar-refractivity contribution is 5.94. The van der Waals surface area contributed by atoms with Crippen LogP contribution >= 0.6 is 12.4 Å². The fraction of sp³-hybridized carbons (Fsp3) is 0.143. The molecular formula is C14H16ClN3O. The highest BCUT2D eigenvalue weighted by Crippen LogP contribution is 2.06. The smallest absolute Gasteiger partial charge is 0.241 e. The summed E-state index contributed by atoms with van der Waals surface area (Å²) >= 11 is 0. The summed E-state index contributed by atoms with van der Waals surface area (Å²) < 4.78 is 0. The lowest BCUT2D eigenvalue weighted by Gasteiger charge is -2.12. The maximum atomic E-state index is 11.9. The van der Waals surface area contributed by atoms with Crippen LogP contribution in [-0.2, 0) is 11.2 Å². The average Bonchev–Trinajstić information content (AvgIpc) is 2.41. The summed E-state index contributed by atoms with van der Waals surface area (Å²) in [6.45, 7) is 0. The first kappa shape index (κ1) is 15.1. The van der Waals surface area contributed by atoms with E-state index in [1.807, 2.05) is 30.3 Å². The SMILES string of the molecule is Cl.NC(Cc1ccccc1)C(=O)Nc1ccncc1. The number of hydrogen-bond donors (Lipinski definition) is 2. The number of pyridine rings is 1. The van der Waals surface area contributed by atoms with E-state index in [-0.39, 0.29) is 18.3 Å². The fourth-order valence-corrected chi connectivity index (χ4v) is 1.63. The summed E-state index contributed by atoms with van der Waals surface area (Å²) in [5.74, 6) is -0.190. The van der Waals surface area contributed by atoms with Crippen molar-refractivity contribution in [3.8, 4) is 0 Å². The van der Waals surface area contributed by atoms with Gasteiger partial charge in [0.1, 0.15) is 0 Å². The first-order chi connectivity index (χ1) is 8.75. The Morgan fingerprint density at radius 3 is 2.42 bits per heavy atom. The number of benzene rings is 1. The summed E-state index contributed by atoms with van der Waals surface area (Å²) in [5.41, 5.74) is 7.63. The van der Waals surface area contributed by atoms with E-state index in [1.54, 1.807) is 24.5 Å². The summed E-state index contributed by atoms with van der Waals surface area (Å²) in [6, 6.07) is 12.6. The zero-order valence-corrected chi connectivity index (χ0v) is 11.1. The Balaban J connectivity index is 0.00000180. The number of amides is 1. The first-order valence-corrected chi connectivity index (χ1v) is 5.76. The van der Waals surface area contributed by atoms with Crippen molar-refractivity contribution in [2.75, 3.05) is 5.32 Å². The molecule has 5 heteroatoms. The second kappa shape index (κ2) is 7.51. The number of anilines is 1. The quantitative estimate of drug-likeness (QED) is 0.898. The van der Waals surface area contributed by atoms with E-state index in [0.29, 0.717) is 12.1 Å². The molecule has 2 rings (SSSR count). The third kappa shape index (κ3) is 4.69. The summed E-state index contributed by atoms with van der Waals surface area (Å²) in [7, 11) is 0. The average molecular weight is 278 g/mol. The standard InChI is InChI=1S/C14H15N3O.ClH/c15-13(10-11-4-2-1-3-5-11)14(18)17-12-6-8-16-9-7-12;/h1-9,13H,10,15H2,(H,16,17,18);1H. The second-order valence-corrected chi connectivity index (χ2v) is 4.02. The number of carbonyl (C=O) groups is 1. The van der Waals surface area contributed by atoms with Crippen molar-refractivity contribution in [1.82, 2.24) is 4.98 Å². The molecule has 1 amide bonds. The molecule has 1 aromatic carbocycles. The number of nitrogens with one attached hydrogen (secondary N) is 1. The van der Waals surface area contributed by atoms with Crippen LogP contribution in [0.25, 0.3) is 0 Å². The van der Waals surface area contributed by atoms with Crippen molar-refractivity contribution in [3.63, 3.8) is 0 Å². The molecular weight excluding hydrogens is 262 g/mol. The first-order valence-electron chi connectivity index (χ1n) is 5.76. The number of carbonyl (C=O) groups excluding carboxylic acids is 1. The van der Waals surface area contributed by atoms with Crippen LogP contribution in [0.5, 0.6) is 0 Å². The van der Waals surface area contributed by atoms with Crippen LogP contribution < -0.4 is 11.1 Å². The zero-order valence-electron chi connectivity index (χ0n) is 10.3. The van der Waals surface area contributed by atoms with E-state index < -0.39 is 6.04 Å². The molecule has 3 N–H and O–H groups in total. The molecule has 2 aromatic rings. The van der Waals surface area contributed by atoms with Crippen molar-refractivity contribution in [1.29, 1.82) is 0 Å². The van der Waals surface area contributed by atoms with Crippen LogP contribution in [-0.4, -0.2) is 16.9 Å². The van der Waals surface area contributed by atoms with E-state index >= 15 is 0 Å². The monoisotopic (exact) mass is 277 g/mol. The van der Waals surface area contributed by atoms with Gasteiger partial charge in [-0.2, -0.15) is 0 Å². The highest BCUT2D eigenvalue weighted by Gasteiger charge is 2.13. The Hall–Kier alpha value is -1.91. The molecule has 0 aliphatic carbocycles. The van der Waals surface area contributed by atoms with Gasteiger partial charge in [0.2, 0.25) is 5.91 Å². The minimum absolute atomic E-state index is 0. The molecule has 1 atom stereocenters. The highest BCUT2D eigenvalue weighted by atomic mass is 35.5. The van der Waals surface area contributed by atoms with Gasteiger partial charge in [-0.3, -0.25) is 9.78 Å². The van der Waals surface area contributed by atoms with Gasteiger partial charge >= 0.3 is 0 Å². The molecule has 100 valence electrons. The third-order valence-corrected chi connectivity index (χ3v) is 2.58. The maximum Gasteiger partial charge on any atom is 0.241 e. The largest absolute Gasteiger partial charge is 0.325 e. The molecule has 0 radical (unpaired) electrons. The van der Waals surface area contributed by atoms with Gasteiger partial charge in [0, 0.05) is 18.1 Å². The topological polar surface area (TPSA) is 68.0 Å². The van der Waals surface area contributed by atoms with Gasteiger partial charge in [-0.05, 0) is 24.1 Å². The van der Waals surface area contributed by atoms with Crippen LogP contribution in [0.4, 0.5) is 5.69 Å². The lowest BCUT2D eigenvalue weighted by Crippen LogP contribution is -2.37. The number of halogens is 1. The Labute approximate surface area is 118 Å². The molecule has 0 saturated carbocycles. The van der Waals surface area contributed by atoms with E-state index in [4.69, 9.17) is 5.73 Å².